The molecule has 164 valence electrons. The van der Waals surface area contributed by atoms with Gasteiger partial charge in [-0.05, 0) is 36.4 Å². The molecule has 11 heteroatoms. The summed E-state index contributed by atoms with van der Waals surface area (Å²) in [5, 5.41) is 14.2. The van der Waals surface area contributed by atoms with Gasteiger partial charge in [0, 0.05) is 17.3 Å². The van der Waals surface area contributed by atoms with Gasteiger partial charge in [0.05, 0.1) is 32.6 Å². The smallest absolute Gasteiger partial charge is 0.407 e. The quantitative estimate of drug-likeness (QED) is 0.294. The summed E-state index contributed by atoms with van der Waals surface area (Å²) < 4.78 is 6.16. The Bertz CT molecular complexity index is 1620. The van der Waals surface area contributed by atoms with Gasteiger partial charge in [-0.25, -0.2) is 9.78 Å². The number of fused-ring (bicyclic) bond motifs is 2. The number of nitrogens with zero attached hydrogens (tertiary/aromatic N) is 3. The van der Waals surface area contributed by atoms with E-state index in [0.717, 1.165) is 16.2 Å². The Balaban J connectivity index is 1.38. The molecule has 2 heterocycles. The number of amides is 1. The van der Waals surface area contributed by atoms with Crippen LogP contribution in [0.5, 0.6) is 0 Å². The number of oxazole rings is 1. The number of aromatic amines is 1. The molecule has 5 rings (SSSR count). The summed E-state index contributed by atoms with van der Waals surface area (Å²) in [6, 6.07) is 16.2. The molecule has 33 heavy (non-hydrogen) atoms. The van der Waals surface area contributed by atoms with Crippen molar-refractivity contribution in [3.8, 4) is 11.4 Å². The minimum atomic E-state index is -0.783. The largest absolute Gasteiger partial charge is 0.420 e. The molecule has 0 saturated heterocycles. The highest BCUT2D eigenvalue weighted by Crippen LogP contribution is 2.28. The minimum Gasteiger partial charge on any atom is -0.407 e. The van der Waals surface area contributed by atoms with Crippen molar-refractivity contribution in [2.45, 2.75) is 6.54 Å². The van der Waals surface area contributed by atoms with Gasteiger partial charge < -0.3 is 14.7 Å². The van der Waals surface area contributed by atoms with Gasteiger partial charge in [0.15, 0.2) is 5.58 Å². The van der Waals surface area contributed by atoms with E-state index in [1.807, 2.05) is 18.2 Å². The van der Waals surface area contributed by atoms with Crippen LogP contribution in [0.1, 0.15) is 0 Å². The molecule has 0 bridgehead atoms. The zero-order chi connectivity index (χ0) is 23.1. The molecule has 0 unspecified atom stereocenters. The van der Waals surface area contributed by atoms with Crippen LogP contribution >= 0.6 is 11.6 Å². The highest BCUT2D eigenvalue weighted by atomic mass is 35.5. The Labute approximate surface area is 189 Å². The predicted molar refractivity (Wildman–Crippen MR) is 122 cm³/mol. The molecule has 0 aliphatic rings. The second-order valence-corrected chi connectivity index (χ2v) is 7.62. The Morgan fingerprint density at radius 1 is 1.18 bits per heavy atom. The average Bonchev–Trinajstić information content (AvgIpc) is 3.34. The topological polar surface area (TPSA) is 136 Å². The number of nitro benzene ring substituents is 1. The molecule has 5 aromatic rings. The van der Waals surface area contributed by atoms with Gasteiger partial charge in [-0.2, -0.15) is 0 Å². The summed E-state index contributed by atoms with van der Waals surface area (Å²) in [7, 11) is 0. The SMILES string of the molecule is O=C(Cn1c(=O)oc2cc([N+](=O)[O-])ccc21)Nc1ccc2nc(-c3ccccc3Cl)[nH]c2c1. The molecular formula is C22H14ClN5O5. The molecular weight excluding hydrogens is 450 g/mol. The monoisotopic (exact) mass is 463 g/mol. The van der Waals surface area contributed by atoms with Crippen LogP contribution in [-0.4, -0.2) is 25.4 Å². The van der Waals surface area contributed by atoms with Crippen LogP contribution in [0.15, 0.2) is 69.9 Å². The number of rotatable bonds is 5. The number of non-ortho nitro benzene ring substituents is 1. The van der Waals surface area contributed by atoms with E-state index < -0.39 is 16.6 Å². The summed E-state index contributed by atoms with van der Waals surface area (Å²) >= 11 is 6.25. The zero-order valence-corrected chi connectivity index (χ0v) is 17.5. The summed E-state index contributed by atoms with van der Waals surface area (Å²) in [6.45, 7) is -0.324. The van der Waals surface area contributed by atoms with Crippen molar-refractivity contribution in [3.63, 3.8) is 0 Å². The van der Waals surface area contributed by atoms with E-state index in [9.17, 15) is 19.7 Å². The van der Waals surface area contributed by atoms with Crippen LogP contribution in [0, 0.1) is 10.1 Å². The lowest BCUT2D eigenvalue weighted by atomic mass is 10.2. The summed E-state index contributed by atoms with van der Waals surface area (Å²) in [4.78, 5) is 42.8. The van der Waals surface area contributed by atoms with Crippen molar-refractivity contribution < 1.29 is 14.1 Å². The van der Waals surface area contributed by atoms with Crippen molar-refractivity contribution in [2.24, 2.45) is 0 Å². The maximum atomic E-state index is 12.6. The molecule has 0 radical (unpaired) electrons. The lowest BCUT2D eigenvalue weighted by molar-refractivity contribution is -0.384. The van der Waals surface area contributed by atoms with Crippen LogP contribution in [0.2, 0.25) is 5.02 Å². The Hall–Kier alpha value is -4.44. The van der Waals surface area contributed by atoms with Crippen LogP contribution in [0.3, 0.4) is 0 Å². The van der Waals surface area contributed by atoms with Gasteiger partial charge in [0.2, 0.25) is 5.91 Å². The van der Waals surface area contributed by atoms with E-state index in [2.05, 4.69) is 15.3 Å². The molecule has 2 N–H and O–H groups in total. The molecule has 0 aliphatic carbocycles. The standard InChI is InChI=1S/C22H14ClN5O5/c23-15-4-2-1-3-14(15)21-25-16-7-5-12(9-17(16)26-21)24-20(29)11-27-18-8-6-13(28(31)32)10-19(18)33-22(27)30/h1-10H,11H2,(H,24,29)(H,25,26). The van der Waals surface area contributed by atoms with Crippen LogP contribution in [0.4, 0.5) is 11.4 Å². The molecule has 2 aromatic heterocycles. The summed E-state index contributed by atoms with van der Waals surface area (Å²) in [5.74, 6) is -0.651. The Morgan fingerprint density at radius 3 is 2.79 bits per heavy atom. The lowest BCUT2D eigenvalue weighted by Gasteiger charge is -2.06. The van der Waals surface area contributed by atoms with Gasteiger partial charge in [-0.15, -0.1) is 0 Å². The fourth-order valence-electron chi connectivity index (χ4n) is 3.53. The fraction of sp³-hybridized carbons (Fsp3) is 0.0455. The first-order chi connectivity index (χ1) is 15.9. The first-order valence-electron chi connectivity index (χ1n) is 9.71. The molecule has 0 spiro atoms. The number of hydrogen-bond donors (Lipinski definition) is 2. The molecule has 0 atom stereocenters. The highest BCUT2D eigenvalue weighted by Gasteiger charge is 2.17. The Morgan fingerprint density at radius 2 is 2.00 bits per heavy atom. The minimum absolute atomic E-state index is 0.0352. The fourth-order valence-corrected chi connectivity index (χ4v) is 3.76. The lowest BCUT2D eigenvalue weighted by Crippen LogP contribution is -2.24. The van der Waals surface area contributed by atoms with Crippen molar-refractivity contribution in [1.82, 2.24) is 14.5 Å². The Kier molecular flexibility index (Phi) is 4.91. The van der Waals surface area contributed by atoms with E-state index in [1.54, 1.807) is 24.3 Å². The van der Waals surface area contributed by atoms with Gasteiger partial charge in [0.25, 0.3) is 5.69 Å². The van der Waals surface area contributed by atoms with E-state index in [0.29, 0.717) is 27.6 Å². The number of nitrogens with one attached hydrogen (secondary N) is 2. The summed E-state index contributed by atoms with van der Waals surface area (Å²) in [6.07, 6.45) is 0. The summed E-state index contributed by atoms with van der Waals surface area (Å²) in [5.41, 5.74) is 2.76. The number of anilines is 1. The number of aromatic nitrogens is 3. The molecule has 0 saturated carbocycles. The number of carbonyl (C=O) groups is 1. The van der Waals surface area contributed by atoms with Crippen molar-refractivity contribution in [3.05, 3.63) is 86.4 Å². The number of nitro groups is 1. The molecule has 3 aromatic carbocycles. The third kappa shape index (κ3) is 3.83. The third-order valence-electron chi connectivity index (χ3n) is 5.06. The second-order valence-electron chi connectivity index (χ2n) is 7.21. The van der Waals surface area contributed by atoms with Crippen molar-refractivity contribution >= 4 is 51.0 Å². The normalized spacial score (nSPS) is 11.2. The van der Waals surface area contributed by atoms with E-state index in [-0.39, 0.29) is 23.3 Å². The van der Waals surface area contributed by atoms with Crippen molar-refractivity contribution in [2.75, 3.05) is 5.32 Å². The number of imidazole rings is 1. The number of benzene rings is 3. The van der Waals surface area contributed by atoms with Gasteiger partial charge in [-0.1, -0.05) is 23.7 Å². The second kappa shape index (κ2) is 7.92. The first kappa shape index (κ1) is 20.5. The third-order valence-corrected chi connectivity index (χ3v) is 5.39. The number of H-pyrrole nitrogens is 1. The maximum absolute atomic E-state index is 12.6. The molecule has 0 aliphatic heterocycles. The maximum Gasteiger partial charge on any atom is 0.420 e. The highest BCUT2D eigenvalue weighted by molar-refractivity contribution is 6.33. The number of hydrogen-bond acceptors (Lipinski definition) is 6. The van der Waals surface area contributed by atoms with Crippen LogP contribution in [-0.2, 0) is 11.3 Å². The predicted octanol–water partition coefficient (Wildman–Crippen LogP) is 4.34. The van der Waals surface area contributed by atoms with Crippen molar-refractivity contribution in [1.29, 1.82) is 0 Å². The van der Waals surface area contributed by atoms with E-state index >= 15 is 0 Å². The first-order valence-corrected chi connectivity index (χ1v) is 10.1. The van der Waals surface area contributed by atoms with Gasteiger partial charge in [0.1, 0.15) is 12.4 Å². The van der Waals surface area contributed by atoms with Crippen LogP contribution in [0.25, 0.3) is 33.5 Å². The average molecular weight is 464 g/mol. The van der Waals surface area contributed by atoms with Gasteiger partial charge in [-0.3, -0.25) is 19.5 Å². The molecule has 1 amide bonds. The van der Waals surface area contributed by atoms with Gasteiger partial charge >= 0.3 is 5.76 Å². The number of halogens is 1. The molecule has 10 nitrogen and oxygen atoms in total. The van der Waals surface area contributed by atoms with E-state index in [4.69, 9.17) is 16.0 Å². The molecule has 0 fully saturated rings. The van der Waals surface area contributed by atoms with Crippen LogP contribution < -0.4 is 11.1 Å². The zero-order valence-electron chi connectivity index (χ0n) is 16.7. The van der Waals surface area contributed by atoms with E-state index in [1.165, 1.54) is 12.1 Å². The number of carbonyl (C=O) groups excluding carboxylic acids is 1.